The third kappa shape index (κ3) is 7.73. The van der Waals surface area contributed by atoms with E-state index in [9.17, 15) is 0 Å². The van der Waals surface area contributed by atoms with E-state index in [1.54, 1.807) is 0 Å². The SMILES string of the molecule is CC(C)Nc1c(-c2ccccc2)c(-c2ccccc2)c(-c2ccccc2)[c-]1-c1ccccc1.[C-]#[O+].[C-]#[O+].[Cl-].[Ru+2]. The molecule has 3 nitrogen and oxygen atoms in total. The molecule has 0 fully saturated rings. The van der Waals surface area contributed by atoms with Crippen molar-refractivity contribution in [1.82, 2.24) is 0 Å². The zero-order chi connectivity index (χ0) is 26.6. The first-order valence-electron chi connectivity index (χ1n) is 12.0. The largest absolute Gasteiger partial charge is 2.00 e. The second kappa shape index (κ2) is 17.1. The Morgan fingerprint density at radius 3 is 1.33 bits per heavy atom. The molecule has 196 valence electrons. The summed E-state index contributed by atoms with van der Waals surface area (Å²) < 4.78 is 15.0. The summed E-state index contributed by atoms with van der Waals surface area (Å²) in [5, 5.41) is 3.84. The van der Waals surface area contributed by atoms with Gasteiger partial charge in [0.2, 0.25) is 0 Å². The van der Waals surface area contributed by atoms with Crippen LogP contribution in [0.4, 0.5) is 5.69 Å². The molecule has 0 radical (unpaired) electrons. The van der Waals surface area contributed by atoms with Crippen LogP contribution in [0.15, 0.2) is 121 Å². The monoisotopic (exact) mass is 619 g/mol. The van der Waals surface area contributed by atoms with Gasteiger partial charge in [0.25, 0.3) is 0 Å². The van der Waals surface area contributed by atoms with Gasteiger partial charge in [0.1, 0.15) is 0 Å². The smallest absolute Gasteiger partial charge is 1.00 e. The third-order valence-corrected chi connectivity index (χ3v) is 5.93. The fourth-order valence-electron chi connectivity index (χ4n) is 4.63. The van der Waals surface area contributed by atoms with Crippen LogP contribution in [0.1, 0.15) is 13.8 Å². The summed E-state index contributed by atoms with van der Waals surface area (Å²) in [7, 11) is 0. The van der Waals surface area contributed by atoms with Gasteiger partial charge in [-0.05, 0) is 25.1 Å². The number of benzene rings is 4. The van der Waals surface area contributed by atoms with Crippen LogP contribution < -0.4 is 17.7 Å². The molecule has 0 unspecified atom stereocenters. The summed E-state index contributed by atoms with van der Waals surface area (Å²) in [6.07, 6.45) is 0. The van der Waals surface area contributed by atoms with E-state index in [0.717, 1.165) is 0 Å². The molecule has 1 N–H and O–H groups in total. The molecular weight excluding hydrogens is 591 g/mol. The Bertz CT molecular complexity index is 1320. The predicted octanol–water partition coefficient (Wildman–Crippen LogP) is 5.82. The Morgan fingerprint density at radius 1 is 0.564 bits per heavy atom. The number of hydrogen-bond donors (Lipinski definition) is 1. The fourth-order valence-corrected chi connectivity index (χ4v) is 4.63. The second-order valence-electron chi connectivity index (χ2n) is 8.64. The van der Waals surface area contributed by atoms with E-state index < -0.39 is 0 Å². The molecule has 0 aliphatic rings. The van der Waals surface area contributed by atoms with Crippen molar-refractivity contribution in [2.75, 3.05) is 5.32 Å². The third-order valence-electron chi connectivity index (χ3n) is 5.93. The Balaban J connectivity index is 0.00000121. The number of rotatable bonds is 6. The normalized spacial score (nSPS) is 9.41. The molecule has 0 heterocycles. The van der Waals surface area contributed by atoms with Gasteiger partial charge in [0, 0.05) is 6.04 Å². The maximum Gasteiger partial charge on any atom is 2.00 e. The Kier molecular flexibility index (Phi) is 14.7. The van der Waals surface area contributed by atoms with Gasteiger partial charge >= 0.3 is 42.1 Å². The molecule has 5 aromatic carbocycles. The van der Waals surface area contributed by atoms with Crippen molar-refractivity contribution >= 4 is 5.69 Å². The minimum absolute atomic E-state index is 0. The molecule has 0 saturated carbocycles. The van der Waals surface area contributed by atoms with Crippen molar-refractivity contribution in [3.05, 3.63) is 135 Å². The second-order valence-corrected chi connectivity index (χ2v) is 8.64. The van der Waals surface area contributed by atoms with E-state index in [-0.39, 0.29) is 31.9 Å². The van der Waals surface area contributed by atoms with Crippen LogP contribution in [-0.4, -0.2) is 6.04 Å². The first kappa shape index (κ1) is 33.5. The van der Waals surface area contributed by atoms with Crippen LogP contribution >= 0.6 is 0 Å². The van der Waals surface area contributed by atoms with Crippen LogP contribution in [0.3, 0.4) is 0 Å². The topological polar surface area (TPSA) is 51.8 Å². The van der Waals surface area contributed by atoms with E-state index in [2.05, 4.69) is 154 Å². The summed E-state index contributed by atoms with van der Waals surface area (Å²) in [4.78, 5) is 0. The molecule has 39 heavy (non-hydrogen) atoms. The first-order chi connectivity index (χ1) is 18.2. The van der Waals surface area contributed by atoms with E-state index in [4.69, 9.17) is 9.30 Å². The zero-order valence-electron chi connectivity index (χ0n) is 21.7. The van der Waals surface area contributed by atoms with Crippen LogP contribution in [-0.2, 0) is 28.8 Å². The van der Waals surface area contributed by atoms with Gasteiger partial charge in [0.05, 0.1) is 0 Å². The molecule has 0 saturated heterocycles. The van der Waals surface area contributed by atoms with Gasteiger partial charge in [-0.1, -0.05) is 148 Å². The van der Waals surface area contributed by atoms with E-state index in [1.165, 1.54) is 50.2 Å². The molecule has 0 atom stereocenters. The maximum absolute atomic E-state index is 7.50. The summed E-state index contributed by atoms with van der Waals surface area (Å²) in [6.45, 7) is 13.4. The maximum atomic E-state index is 7.50. The average molecular weight is 619 g/mol. The Labute approximate surface area is 250 Å². The number of anilines is 1. The van der Waals surface area contributed by atoms with Crippen LogP contribution in [0.25, 0.3) is 44.5 Å². The summed E-state index contributed by atoms with van der Waals surface area (Å²) in [6, 6.07) is 43.4. The fraction of sp³-hybridized carbons (Fsp3) is 0.0882. The van der Waals surface area contributed by atoms with E-state index in [1.807, 2.05) is 0 Å². The minimum atomic E-state index is 0. The van der Waals surface area contributed by atoms with E-state index in [0.29, 0.717) is 6.04 Å². The predicted molar refractivity (Wildman–Crippen MR) is 150 cm³/mol. The summed E-state index contributed by atoms with van der Waals surface area (Å²) in [5.74, 6) is 0. The van der Waals surface area contributed by atoms with Crippen molar-refractivity contribution in [3.63, 3.8) is 0 Å². The number of hydrogen-bond acceptors (Lipinski definition) is 1. The number of nitrogens with one attached hydrogen (secondary N) is 1. The van der Waals surface area contributed by atoms with Crippen molar-refractivity contribution in [2.45, 2.75) is 19.9 Å². The molecule has 0 spiro atoms. The summed E-state index contributed by atoms with van der Waals surface area (Å²) in [5.41, 5.74) is 11.2. The minimum Gasteiger partial charge on any atom is -1.00 e. The molecule has 5 rings (SSSR count). The van der Waals surface area contributed by atoms with Crippen molar-refractivity contribution < 1.29 is 41.2 Å². The van der Waals surface area contributed by atoms with Crippen molar-refractivity contribution in [3.8, 4) is 44.5 Å². The van der Waals surface area contributed by atoms with Gasteiger partial charge in [-0.25, -0.2) is 0 Å². The van der Waals surface area contributed by atoms with Crippen molar-refractivity contribution in [2.24, 2.45) is 0 Å². The molecule has 0 aliphatic heterocycles. The quantitative estimate of drug-likeness (QED) is 0.146. The Morgan fingerprint density at radius 2 is 0.923 bits per heavy atom. The standard InChI is InChI=1S/C32H28N.2CO.ClH.Ru/c1-23(2)33-32-30(26-19-11-5-12-20-26)28(24-15-7-3-8-16-24)29(25-17-9-4-10-18-25)31(32)27-21-13-6-14-22-27;2*1-2;;/h3-23,33H,1-2H3;;;1H;/q-1;;;;+2/p-1. The number of halogens is 1. The first-order valence-corrected chi connectivity index (χ1v) is 12.0. The van der Waals surface area contributed by atoms with Gasteiger partial charge in [-0.15, -0.1) is 12.1 Å². The van der Waals surface area contributed by atoms with Crippen molar-refractivity contribution in [1.29, 1.82) is 0 Å². The van der Waals surface area contributed by atoms with Crippen LogP contribution in [0, 0.1) is 13.3 Å². The molecule has 0 amide bonds. The van der Waals surface area contributed by atoms with Gasteiger partial charge in [-0.2, -0.15) is 0 Å². The molecule has 5 aromatic rings. The van der Waals surface area contributed by atoms with Crippen LogP contribution in [0.5, 0.6) is 0 Å². The van der Waals surface area contributed by atoms with Crippen LogP contribution in [0.2, 0.25) is 0 Å². The zero-order valence-corrected chi connectivity index (χ0v) is 24.2. The van der Waals surface area contributed by atoms with E-state index >= 15 is 0 Å². The molecule has 0 aliphatic carbocycles. The molecule has 0 bridgehead atoms. The Hall–Kier alpha value is -3.58. The molecule has 0 aromatic heterocycles. The van der Waals surface area contributed by atoms with Gasteiger partial charge in [-0.3, -0.25) is 0 Å². The summed E-state index contributed by atoms with van der Waals surface area (Å²) >= 11 is 0. The molecular formula is C34H28ClNO2Ru. The average Bonchev–Trinajstić information content (AvgIpc) is 3.31. The van der Waals surface area contributed by atoms with Gasteiger partial charge < -0.3 is 17.7 Å². The molecule has 5 heteroatoms. The van der Waals surface area contributed by atoms with Gasteiger partial charge in [0.15, 0.2) is 0 Å².